The van der Waals surface area contributed by atoms with E-state index in [1.807, 2.05) is 25.3 Å². The van der Waals surface area contributed by atoms with E-state index < -0.39 is 0 Å². The van der Waals surface area contributed by atoms with Crippen molar-refractivity contribution < 1.29 is 4.42 Å². The van der Waals surface area contributed by atoms with Gasteiger partial charge < -0.3 is 15.1 Å². The lowest BCUT2D eigenvalue weighted by Gasteiger charge is -2.10. The molecule has 0 saturated carbocycles. The molecule has 2 unspecified atom stereocenters. The average molecular weight is 280 g/mol. The maximum Gasteiger partial charge on any atom is 0.315 e. The summed E-state index contributed by atoms with van der Waals surface area (Å²) in [5, 5.41) is 14.3. The second-order valence-corrected chi connectivity index (χ2v) is 6.09. The molecule has 0 saturated heterocycles. The third-order valence-electron chi connectivity index (χ3n) is 2.92. The SMILES string of the molecule is CNC(C)c1nnc(NC(C)Cc2ccc(C)s2)o1. The normalized spacial score (nSPS) is 14.3. The van der Waals surface area contributed by atoms with Gasteiger partial charge in [0.25, 0.3) is 0 Å². The first-order valence-electron chi connectivity index (χ1n) is 6.41. The summed E-state index contributed by atoms with van der Waals surface area (Å²) in [6.45, 7) is 6.21. The second kappa shape index (κ2) is 6.16. The molecule has 0 fully saturated rings. The molecule has 0 radical (unpaired) electrons. The van der Waals surface area contributed by atoms with Crippen molar-refractivity contribution in [2.24, 2.45) is 0 Å². The molecule has 0 aliphatic heterocycles. The van der Waals surface area contributed by atoms with E-state index in [4.69, 9.17) is 4.42 Å². The zero-order chi connectivity index (χ0) is 13.8. The molecule has 2 aromatic rings. The summed E-state index contributed by atoms with van der Waals surface area (Å²) < 4.78 is 5.56. The molecule has 2 heterocycles. The molecular weight excluding hydrogens is 260 g/mol. The van der Waals surface area contributed by atoms with Crippen LogP contribution in [-0.2, 0) is 6.42 Å². The Balaban J connectivity index is 1.91. The summed E-state index contributed by atoms with van der Waals surface area (Å²) in [4.78, 5) is 2.70. The van der Waals surface area contributed by atoms with Gasteiger partial charge in [-0.05, 0) is 40.0 Å². The molecular formula is C13H20N4OS. The van der Waals surface area contributed by atoms with Crippen LogP contribution >= 0.6 is 11.3 Å². The minimum Gasteiger partial charge on any atom is -0.406 e. The topological polar surface area (TPSA) is 63.0 Å². The van der Waals surface area contributed by atoms with E-state index in [2.05, 4.69) is 46.8 Å². The van der Waals surface area contributed by atoms with Crippen LogP contribution in [0.1, 0.15) is 35.5 Å². The summed E-state index contributed by atoms with van der Waals surface area (Å²) >= 11 is 1.82. The highest BCUT2D eigenvalue weighted by Crippen LogP contribution is 2.19. The maximum absolute atomic E-state index is 5.56. The van der Waals surface area contributed by atoms with Crippen LogP contribution in [0.25, 0.3) is 0 Å². The summed E-state index contributed by atoms with van der Waals surface area (Å²) in [6, 6.07) is 5.12. The third-order valence-corrected chi connectivity index (χ3v) is 3.94. The minimum atomic E-state index is 0.0679. The first-order chi connectivity index (χ1) is 9.08. The molecule has 104 valence electrons. The molecule has 0 aromatic carbocycles. The summed E-state index contributed by atoms with van der Waals surface area (Å²) in [6.07, 6.45) is 0.956. The molecule has 2 rings (SSSR count). The Kier molecular flexibility index (Phi) is 4.55. The fourth-order valence-corrected chi connectivity index (χ4v) is 2.77. The van der Waals surface area contributed by atoms with Crippen molar-refractivity contribution in [2.45, 2.75) is 39.3 Å². The smallest absolute Gasteiger partial charge is 0.315 e. The molecule has 2 atom stereocenters. The summed E-state index contributed by atoms with van der Waals surface area (Å²) in [5.41, 5.74) is 0. The number of nitrogens with zero attached hydrogens (tertiary/aromatic N) is 2. The zero-order valence-corrected chi connectivity index (χ0v) is 12.5. The molecule has 0 aliphatic carbocycles. The monoisotopic (exact) mass is 280 g/mol. The van der Waals surface area contributed by atoms with Crippen LogP contribution in [-0.4, -0.2) is 23.3 Å². The molecule has 0 bridgehead atoms. The van der Waals surface area contributed by atoms with Gasteiger partial charge in [-0.1, -0.05) is 5.10 Å². The van der Waals surface area contributed by atoms with Gasteiger partial charge in [0.1, 0.15) is 0 Å². The Hall–Kier alpha value is -1.40. The van der Waals surface area contributed by atoms with Gasteiger partial charge in [-0.25, -0.2) is 0 Å². The number of hydrogen-bond acceptors (Lipinski definition) is 6. The number of aromatic nitrogens is 2. The zero-order valence-electron chi connectivity index (χ0n) is 11.7. The van der Waals surface area contributed by atoms with Gasteiger partial charge in [0.15, 0.2) is 0 Å². The lowest BCUT2D eigenvalue weighted by molar-refractivity contribution is 0.439. The second-order valence-electron chi connectivity index (χ2n) is 4.72. The number of thiophene rings is 1. The predicted molar refractivity (Wildman–Crippen MR) is 77.6 cm³/mol. The molecule has 0 amide bonds. The number of anilines is 1. The number of hydrogen-bond donors (Lipinski definition) is 2. The van der Waals surface area contributed by atoms with Gasteiger partial charge >= 0.3 is 6.01 Å². The Bertz CT molecular complexity index is 522. The first-order valence-corrected chi connectivity index (χ1v) is 7.22. The highest BCUT2D eigenvalue weighted by atomic mass is 32.1. The lowest BCUT2D eigenvalue weighted by Crippen LogP contribution is -2.17. The summed E-state index contributed by atoms with van der Waals surface area (Å²) in [5.74, 6) is 0.601. The van der Waals surface area contributed by atoms with Crippen LogP contribution in [0, 0.1) is 6.92 Å². The predicted octanol–water partition coefficient (Wildman–Crippen LogP) is 2.76. The van der Waals surface area contributed by atoms with E-state index in [1.54, 1.807) is 0 Å². The van der Waals surface area contributed by atoms with Crippen molar-refractivity contribution in [3.63, 3.8) is 0 Å². The molecule has 2 aromatic heterocycles. The van der Waals surface area contributed by atoms with Gasteiger partial charge in [-0.2, -0.15) is 0 Å². The van der Waals surface area contributed by atoms with Gasteiger partial charge in [-0.3, -0.25) is 0 Å². The van der Waals surface area contributed by atoms with Crippen LogP contribution in [0.3, 0.4) is 0 Å². The molecule has 0 spiro atoms. The Morgan fingerprint density at radius 2 is 2.11 bits per heavy atom. The van der Waals surface area contributed by atoms with E-state index in [0.717, 1.165) is 6.42 Å². The Labute approximate surface area is 117 Å². The average Bonchev–Trinajstić information content (AvgIpc) is 2.98. The van der Waals surface area contributed by atoms with Crippen LogP contribution in [0.5, 0.6) is 0 Å². The van der Waals surface area contributed by atoms with Crippen LogP contribution in [0.4, 0.5) is 6.01 Å². The molecule has 19 heavy (non-hydrogen) atoms. The minimum absolute atomic E-state index is 0.0679. The van der Waals surface area contributed by atoms with Crippen LogP contribution in [0.2, 0.25) is 0 Å². The lowest BCUT2D eigenvalue weighted by atomic mass is 10.2. The number of rotatable bonds is 6. The van der Waals surface area contributed by atoms with E-state index in [0.29, 0.717) is 11.9 Å². The van der Waals surface area contributed by atoms with E-state index in [9.17, 15) is 0 Å². The van der Waals surface area contributed by atoms with Crippen molar-refractivity contribution in [3.05, 3.63) is 27.8 Å². The maximum atomic E-state index is 5.56. The third kappa shape index (κ3) is 3.78. The molecule has 2 N–H and O–H groups in total. The van der Waals surface area contributed by atoms with Gasteiger partial charge in [0, 0.05) is 22.2 Å². The highest BCUT2D eigenvalue weighted by molar-refractivity contribution is 7.11. The van der Waals surface area contributed by atoms with Gasteiger partial charge in [-0.15, -0.1) is 16.4 Å². The Morgan fingerprint density at radius 1 is 1.32 bits per heavy atom. The highest BCUT2D eigenvalue weighted by Gasteiger charge is 2.13. The van der Waals surface area contributed by atoms with Gasteiger partial charge in [0.2, 0.25) is 5.89 Å². The summed E-state index contributed by atoms with van der Waals surface area (Å²) in [7, 11) is 1.86. The van der Waals surface area contributed by atoms with Crippen molar-refractivity contribution in [1.29, 1.82) is 0 Å². The van der Waals surface area contributed by atoms with Crippen LogP contribution < -0.4 is 10.6 Å². The standard InChI is InChI=1S/C13H20N4OS/c1-8(7-11-6-5-9(2)19-11)15-13-17-16-12(18-13)10(3)14-4/h5-6,8,10,14H,7H2,1-4H3,(H,15,17). The molecule has 6 heteroatoms. The van der Waals surface area contributed by atoms with Crippen molar-refractivity contribution in [2.75, 3.05) is 12.4 Å². The van der Waals surface area contributed by atoms with Gasteiger partial charge in [0.05, 0.1) is 6.04 Å². The van der Waals surface area contributed by atoms with Crippen molar-refractivity contribution in [1.82, 2.24) is 15.5 Å². The fraction of sp³-hybridized carbons (Fsp3) is 0.538. The largest absolute Gasteiger partial charge is 0.406 e. The van der Waals surface area contributed by atoms with Crippen molar-refractivity contribution in [3.8, 4) is 0 Å². The van der Waals surface area contributed by atoms with Crippen LogP contribution in [0.15, 0.2) is 16.5 Å². The van der Waals surface area contributed by atoms with E-state index in [1.165, 1.54) is 9.75 Å². The van der Waals surface area contributed by atoms with E-state index >= 15 is 0 Å². The first kappa shape index (κ1) is 14.0. The number of nitrogens with one attached hydrogen (secondary N) is 2. The fourth-order valence-electron chi connectivity index (χ4n) is 1.75. The Morgan fingerprint density at radius 3 is 2.74 bits per heavy atom. The number of aryl methyl sites for hydroxylation is 1. The molecule has 5 nitrogen and oxygen atoms in total. The van der Waals surface area contributed by atoms with E-state index in [-0.39, 0.29) is 12.1 Å². The molecule has 0 aliphatic rings. The quantitative estimate of drug-likeness (QED) is 0.852. The van der Waals surface area contributed by atoms with Crippen molar-refractivity contribution >= 4 is 17.4 Å².